The molecule has 112 valence electrons. The fraction of sp³-hybridized carbons (Fsp3) is 0.250. The third kappa shape index (κ3) is 4.04. The molecule has 2 rings (SSSR count). The number of ether oxygens (including phenoxy) is 1. The molecule has 5 heteroatoms. The lowest BCUT2D eigenvalue weighted by Gasteiger charge is -2.18. The number of halogens is 3. The van der Waals surface area contributed by atoms with Gasteiger partial charge < -0.3 is 10.5 Å². The van der Waals surface area contributed by atoms with E-state index < -0.39 is 0 Å². The van der Waals surface area contributed by atoms with E-state index in [-0.39, 0.29) is 5.92 Å². The second-order valence-corrected chi connectivity index (χ2v) is 6.02. The van der Waals surface area contributed by atoms with Crippen LogP contribution in [0, 0.1) is 0 Å². The minimum atomic E-state index is 0.118. The topological polar surface area (TPSA) is 35.2 Å². The van der Waals surface area contributed by atoms with Gasteiger partial charge in [-0.15, -0.1) is 0 Å². The summed E-state index contributed by atoms with van der Waals surface area (Å²) in [6, 6.07) is 11.2. The van der Waals surface area contributed by atoms with Crippen molar-refractivity contribution < 1.29 is 4.74 Å². The first-order valence-corrected chi connectivity index (χ1v) is 7.66. The highest BCUT2D eigenvalue weighted by Crippen LogP contribution is 2.31. The Hall–Kier alpha value is -0.930. The van der Waals surface area contributed by atoms with Crippen molar-refractivity contribution in [3.63, 3.8) is 0 Å². The van der Waals surface area contributed by atoms with Gasteiger partial charge in [0.15, 0.2) is 0 Å². The SMILES string of the molecule is COc1ccc(Cl)cc1CC(CN)c1ccc(Cl)c(Cl)c1. The van der Waals surface area contributed by atoms with Crippen LogP contribution >= 0.6 is 34.8 Å². The van der Waals surface area contributed by atoms with Gasteiger partial charge >= 0.3 is 0 Å². The Morgan fingerprint density at radius 3 is 2.43 bits per heavy atom. The second kappa shape index (κ2) is 7.37. The first kappa shape index (κ1) is 16.4. The molecule has 2 N–H and O–H groups in total. The van der Waals surface area contributed by atoms with Gasteiger partial charge in [-0.25, -0.2) is 0 Å². The van der Waals surface area contributed by atoms with Crippen molar-refractivity contribution in [2.24, 2.45) is 5.73 Å². The largest absolute Gasteiger partial charge is 0.496 e. The highest BCUT2D eigenvalue weighted by atomic mass is 35.5. The molecular weight excluding hydrogens is 329 g/mol. The summed E-state index contributed by atoms with van der Waals surface area (Å²) in [5.74, 6) is 0.921. The van der Waals surface area contributed by atoms with Crippen LogP contribution in [0.5, 0.6) is 5.75 Å². The Labute approximate surface area is 139 Å². The van der Waals surface area contributed by atoms with Gasteiger partial charge in [0.05, 0.1) is 17.2 Å². The number of hydrogen-bond donors (Lipinski definition) is 1. The molecule has 0 radical (unpaired) electrons. The molecule has 0 amide bonds. The van der Waals surface area contributed by atoms with Gasteiger partial charge in [0.25, 0.3) is 0 Å². The van der Waals surface area contributed by atoms with Gasteiger partial charge in [0.1, 0.15) is 5.75 Å². The van der Waals surface area contributed by atoms with Crippen LogP contribution in [0.2, 0.25) is 15.1 Å². The van der Waals surface area contributed by atoms with Crippen LogP contribution in [0.15, 0.2) is 36.4 Å². The van der Waals surface area contributed by atoms with Crippen LogP contribution in [-0.2, 0) is 6.42 Å². The predicted molar refractivity (Wildman–Crippen MR) is 90.0 cm³/mol. The van der Waals surface area contributed by atoms with Gasteiger partial charge in [-0.05, 0) is 54.4 Å². The standard InChI is InChI=1S/C16H16Cl3NO/c1-21-16-5-3-13(17)7-11(16)6-12(9-20)10-2-4-14(18)15(19)8-10/h2-5,7-8,12H,6,9,20H2,1H3. The normalized spacial score (nSPS) is 12.2. The highest BCUT2D eigenvalue weighted by molar-refractivity contribution is 6.42. The summed E-state index contributed by atoms with van der Waals surface area (Å²) in [5.41, 5.74) is 7.99. The molecule has 0 saturated carbocycles. The van der Waals surface area contributed by atoms with E-state index in [9.17, 15) is 0 Å². The first-order chi connectivity index (χ1) is 10.0. The van der Waals surface area contributed by atoms with Gasteiger partial charge in [-0.1, -0.05) is 40.9 Å². The molecule has 0 saturated heterocycles. The lowest BCUT2D eigenvalue weighted by atomic mass is 9.91. The Bertz CT molecular complexity index is 631. The molecule has 0 bridgehead atoms. The minimum Gasteiger partial charge on any atom is -0.496 e. The van der Waals surface area contributed by atoms with E-state index in [0.29, 0.717) is 21.6 Å². The summed E-state index contributed by atoms with van der Waals surface area (Å²) in [6.45, 7) is 0.494. The number of benzene rings is 2. The van der Waals surface area contributed by atoms with Crippen LogP contribution in [0.4, 0.5) is 0 Å². The third-order valence-electron chi connectivity index (χ3n) is 3.41. The smallest absolute Gasteiger partial charge is 0.122 e. The van der Waals surface area contributed by atoms with Crippen molar-refractivity contribution in [2.45, 2.75) is 12.3 Å². The lowest BCUT2D eigenvalue weighted by Crippen LogP contribution is -2.15. The quantitative estimate of drug-likeness (QED) is 0.833. The molecular formula is C16H16Cl3NO. The fourth-order valence-corrected chi connectivity index (χ4v) is 2.78. The van der Waals surface area contributed by atoms with Crippen LogP contribution in [0.3, 0.4) is 0 Å². The van der Waals surface area contributed by atoms with Gasteiger partial charge in [-0.3, -0.25) is 0 Å². The molecule has 0 aliphatic heterocycles. The number of rotatable bonds is 5. The van der Waals surface area contributed by atoms with Crippen molar-refractivity contribution in [3.8, 4) is 5.75 Å². The second-order valence-electron chi connectivity index (χ2n) is 4.77. The molecule has 2 nitrogen and oxygen atoms in total. The van der Waals surface area contributed by atoms with Crippen molar-refractivity contribution in [3.05, 3.63) is 62.6 Å². The molecule has 0 aliphatic rings. The Morgan fingerprint density at radius 1 is 1.05 bits per heavy atom. The van der Waals surface area contributed by atoms with E-state index in [0.717, 1.165) is 23.3 Å². The van der Waals surface area contributed by atoms with Crippen molar-refractivity contribution >= 4 is 34.8 Å². The lowest BCUT2D eigenvalue weighted by molar-refractivity contribution is 0.408. The predicted octanol–water partition coefficient (Wildman–Crippen LogP) is 4.94. The zero-order valence-electron chi connectivity index (χ0n) is 11.6. The number of hydrogen-bond acceptors (Lipinski definition) is 2. The average molecular weight is 345 g/mol. The summed E-state index contributed by atoms with van der Waals surface area (Å²) in [5, 5.41) is 1.75. The maximum absolute atomic E-state index is 6.08. The Morgan fingerprint density at radius 2 is 1.81 bits per heavy atom. The van der Waals surface area contributed by atoms with E-state index in [1.54, 1.807) is 19.2 Å². The Kier molecular flexibility index (Phi) is 5.77. The first-order valence-electron chi connectivity index (χ1n) is 6.52. The average Bonchev–Trinajstić information content (AvgIpc) is 2.48. The van der Waals surface area contributed by atoms with Crippen LogP contribution < -0.4 is 10.5 Å². The van der Waals surface area contributed by atoms with E-state index in [1.165, 1.54) is 0 Å². The molecule has 0 aromatic heterocycles. The summed E-state index contributed by atoms with van der Waals surface area (Å²) < 4.78 is 5.38. The van der Waals surface area contributed by atoms with Gasteiger partial charge in [0, 0.05) is 10.9 Å². The van der Waals surface area contributed by atoms with E-state index in [2.05, 4.69) is 0 Å². The molecule has 2 aromatic carbocycles. The molecule has 1 atom stereocenters. The number of nitrogens with two attached hydrogens (primary N) is 1. The van der Waals surface area contributed by atoms with Crippen LogP contribution in [0.1, 0.15) is 17.0 Å². The fourth-order valence-electron chi connectivity index (χ4n) is 2.28. The van der Waals surface area contributed by atoms with Crippen LogP contribution in [0.25, 0.3) is 0 Å². The summed E-state index contributed by atoms with van der Waals surface area (Å²) in [7, 11) is 1.64. The molecule has 21 heavy (non-hydrogen) atoms. The van der Waals surface area contributed by atoms with Crippen LogP contribution in [-0.4, -0.2) is 13.7 Å². The summed E-state index contributed by atoms with van der Waals surface area (Å²) in [4.78, 5) is 0. The maximum Gasteiger partial charge on any atom is 0.122 e. The van der Waals surface area contributed by atoms with Crippen molar-refractivity contribution in [1.29, 1.82) is 0 Å². The van der Waals surface area contributed by atoms with E-state index in [4.69, 9.17) is 45.3 Å². The zero-order chi connectivity index (χ0) is 15.4. The van der Waals surface area contributed by atoms with E-state index in [1.807, 2.05) is 24.3 Å². The third-order valence-corrected chi connectivity index (χ3v) is 4.38. The zero-order valence-corrected chi connectivity index (χ0v) is 13.8. The highest BCUT2D eigenvalue weighted by Gasteiger charge is 2.15. The number of methoxy groups -OCH3 is 1. The molecule has 0 heterocycles. The molecule has 2 aromatic rings. The summed E-state index contributed by atoms with van der Waals surface area (Å²) >= 11 is 18.1. The molecule has 0 fully saturated rings. The minimum absolute atomic E-state index is 0.118. The monoisotopic (exact) mass is 343 g/mol. The molecule has 0 aliphatic carbocycles. The van der Waals surface area contributed by atoms with Crippen molar-refractivity contribution in [1.82, 2.24) is 0 Å². The van der Waals surface area contributed by atoms with Gasteiger partial charge in [-0.2, -0.15) is 0 Å². The molecule has 0 spiro atoms. The van der Waals surface area contributed by atoms with Gasteiger partial charge in [0.2, 0.25) is 0 Å². The molecule has 1 unspecified atom stereocenters. The maximum atomic E-state index is 6.08. The van der Waals surface area contributed by atoms with Crippen molar-refractivity contribution in [2.75, 3.05) is 13.7 Å². The summed E-state index contributed by atoms with van der Waals surface area (Å²) in [6.07, 6.45) is 0.720. The van der Waals surface area contributed by atoms with E-state index >= 15 is 0 Å². The Balaban J connectivity index is 2.30.